The molecular formula is C13H10F3NO2. The smallest absolute Gasteiger partial charge is 0.454 e. The van der Waals surface area contributed by atoms with Crippen molar-refractivity contribution in [2.75, 3.05) is 7.11 Å². The van der Waals surface area contributed by atoms with Gasteiger partial charge >= 0.3 is 6.18 Å². The van der Waals surface area contributed by atoms with Crippen LogP contribution < -0.4 is 4.74 Å². The molecule has 2 rings (SSSR count). The third-order valence-electron chi connectivity index (χ3n) is 2.56. The van der Waals surface area contributed by atoms with Gasteiger partial charge in [0.25, 0.3) is 5.78 Å². The number of hydrogen-bond acceptors (Lipinski definition) is 2. The summed E-state index contributed by atoms with van der Waals surface area (Å²) in [4.78, 5) is 11.1. The van der Waals surface area contributed by atoms with Crippen LogP contribution in [0.25, 0.3) is 5.69 Å². The lowest BCUT2D eigenvalue weighted by Gasteiger charge is -2.05. The van der Waals surface area contributed by atoms with Crippen LogP contribution in [0.2, 0.25) is 0 Å². The van der Waals surface area contributed by atoms with Gasteiger partial charge in [-0.3, -0.25) is 4.79 Å². The number of halogens is 3. The molecule has 3 nitrogen and oxygen atoms in total. The van der Waals surface area contributed by atoms with Crippen molar-refractivity contribution < 1.29 is 22.7 Å². The highest BCUT2D eigenvalue weighted by molar-refractivity contribution is 6.00. The van der Waals surface area contributed by atoms with E-state index in [0.717, 1.165) is 12.3 Å². The summed E-state index contributed by atoms with van der Waals surface area (Å²) in [6.07, 6.45) is -2.32. The average molecular weight is 269 g/mol. The second kappa shape index (κ2) is 4.79. The number of carbonyl (C=O) groups is 1. The molecule has 0 aliphatic rings. The second-order valence-corrected chi connectivity index (χ2v) is 3.84. The van der Waals surface area contributed by atoms with E-state index in [1.807, 2.05) is 0 Å². The molecule has 100 valence electrons. The first-order valence-corrected chi connectivity index (χ1v) is 5.36. The fourth-order valence-electron chi connectivity index (χ4n) is 1.63. The van der Waals surface area contributed by atoms with E-state index in [2.05, 4.69) is 0 Å². The maximum Gasteiger partial charge on any atom is 0.454 e. The Morgan fingerprint density at radius 2 is 2.00 bits per heavy atom. The summed E-state index contributed by atoms with van der Waals surface area (Å²) in [5.74, 6) is -1.27. The Balaban J connectivity index is 2.33. The Morgan fingerprint density at radius 3 is 2.63 bits per heavy atom. The van der Waals surface area contributed by atoms with Crippen LogP contribution in [0.1, 0.15) is 10.4 Å². The predicted octanol–water partition coefficient (Wildman–Crippen LogP) is 3.23. The fraction of sp³-hybridized carbons (Fsp3) is 0.154. The van der Waals surface area contributed by atoms with Crippen molar-refractivity contribution in [1.82, 2.24) is 4.57 Å². The summed E-state index contributed by atoms with van der Waals surface area (Å²) >= 11 is 0. The van der Waals surface area contributed by atoms with Crippen molar-refractivity contribution in [2.45, 2.75) is 6.18 Å². The van der Waals surface area contributed by atoms with Gasteiger partial charge in [0, 0.05) is 29.7 Å². The van der Waals surface area contributed by atoms with Gasteiger partial charge in [-0.25, -0.2) is 0 Å². The molecule has 0 bridgehead atoms. The number of alkyl halides is 3. The lowest BCUT2D eigenvalue weighted by Crippen LogP contribution is -2.22. The number of ketones is 1. The molecule has 0 saturated carbocycles. The van der Waals surface area contributed by atoms with E-state index >= 15 is 0 Å². The number of Topliss-reactive ketones (excluding diaryl/α,β-unsaturated/α-hetero) is 1. The van der Waals surface area contributed by atoms with Crippen LogP contribution in [-0.4, -0.2) is 23.6 Å². The summed E-state index contributed by atoms with van der Waals surface area (Å²) in [5.41, 5.74) is 0.218. The number of ether oxygens (including phenoxy) is 1. The Kier molecular flexibility index (Phi) is 3.33. The molecule has 0 aliphatic heterocycles. The second-order valence-electron chi connectivity index (χ2n) is 3.84. The third-order valence-corrected chi connectivity index (χ3v) is 2.56. The van der Waals surface area contributed by atoms with Gasteiger partial charge in [-0.1, -0.05) is 6.07 Å². The van der Waals surface area contributed by atoms with Gasteiger partial charge in [-0.2, -0.15) is 13.2 Å². The minimum Gasteiger partial charge on any atom is -0.497 e. The van der Waals surface area contributed by atoms with Gasteiger partial charge in [0.2, 0.25) is 0 Å². The summed E-state index contributed by atoms with van der Waals surface area (Å²) in [5, 5.41) is 0. The molecular weight excluding hydrogens is 259 g/mol. The molecule has 0 atom stereocenters. The Bertz CT molecular complexity index is 602. The Hall–Kier alpha value is -2.24. The first-order valence-electron chi connectivity index (χ1n) is 5.36. The molecule has 0 amide bonds. The third kappa shape index (κ3) is 2.78. The maximum absolute atomic E-state index is 12.3. The van der Waals surface area contributed by atoms with Gasteiger partial charge in [0.1, 0.15) is 5.75 Å². The first kappa shape index (κ1) is 13.2. The number of aromatic nitrogens is 1. The number of hydrogen-bond donors (Lipinski definition) is 0. The zero-order chi connectivity index (χ0) is 14.0. The minimum atomic E-state index is -4.86. The fourth-order valence-corrected chi connectivity index (χ4v) is 1.63. The minimum absolute atomic E-state index is 0.393. The molecule has 0 fully saturated rings. The van der Waals surface area contributed by atoms with Gasteiger partial charge in [0.05, 0.1) is 7.11 Å². The molecule has 0 spiro atoms. The SMILES string of the molecule is COc1cccc(-n2ccc(C(=O)C(F)(F)F)c2)c1. The molecule has 0 aliphatic carbocycles. The standard InChI is InChI=1S/C13H10F3NO2/c1-19-11-4-2-3-10(7-11)17-6-5-9(8-17)12(18)13(14,15)16/h2-8H,1H3. The highest BCUT2D eigenvalue weighted by Gasteiger charge is 2.39. The Labute approximate surface area is 107 Å². The van der Waals surface area contributed by atoms with E-state index in [0.29, 0.717) is 11.4 Å². The van der Waals surface area contributed by atoms with E-state index < -0.39 is 17.5 Å². The number of methoxy groups -OCH3 is 1. The van der Waals surface area contributed by atoms with E-state index in [1.54, 1.807) is 24.3 Å². The summed E-state index contributed by atoms with van der Waals surface area (Å²) < 4.78 is 43.3. The molecule has 0 unspecified atom stereocenters. The zero-order valence-corrected chi connectivity index (χ0v) is 9.94. The summed E-state index contributed by atoms with van der Waals surface area (Å²) in [6.45, 7) is 0. The topological polar surface area (TPSA) is 31.2 Å². The molecule has 1 aromatic carbocycles. The predicted molar refractivity (Wildman–Crippen MR) is 62.7 cm³/mol. The van der Waals surface area contributed by atoms with Crippen LogP contribution >= 0.6 is 0 Å². The lowest BCUT2D eigenvalue weighted by atomic mass is 10.2. The molecule has 2 aromatic rings. The summed E-state index contributed by atoms with van der Waals surface area (Å²) in [6, 6.07) is 7.91. The van der Waals surface area contributed by atoms with Crippen LogP contribution in [0.15, 0.2) is 42.7 Å². The van der Waals surface area contributed by atoms with Gasteiger partial charge in [-0.15, -0.1) is 0 Å². The van der Waals surface area contributed by atoms with Gasteiger partial charge in [0.15, 0.2) is 0 Å². The summed E-state index contributed by atoms with van der Waals surface area (Å²) in [7, 11) is 1.49. The van der Waals surface area contributed by atoms with Crippen LogP contribution in [0.4, 0.5) is 13.2 Å². The zero-order valence-electron chi connectivity index (χ0n) is 9.94. The number of benzene rings is 1. The van der Waals surface area contributed by atoms with Crippen molar-refractivity contribution in [3.63, 3.8) is 0 Å². The van der Waals surface area contributed by atoms with Crippen LogP contribution in [-0.2, 0) is 0 Å². The van der Waals surface area contributed by atoms with E-state index in [1.165, 1.54) is 17.9 Å². The van der Waals surface area contributed by atoms with Crippen molar-refractivity contribution in [1.29, 1.82) is 0 Å². The highest BCUT2D eigenvalue weighted by Crippen LogP contribution is 2.23. The monoisotopic (exact) mass is 269 g/mol. The number of nitrogens with zero attached hydrogens (tertiary/aromatic N) is 1. The number of carbonyl (C=O) groups excluding carboxylic acids is 1. The molecule has 1 heterocycles. The van der Waals surface area contributed by atoms with E-state index in [4.69, 9.17) is 4.74 Å². The molecule has 6 heteroatoms. The molecule has 0 saturated heterocycles. The molecule has 19 heavy (non-hydrogen) atoms. The van der Waals surface area contributed by atoms with Crippen molar-refractivity contribution in [3.05, 3.63) is 48.3 Å². The Morgan fingerprint density at radius 1 is 1.26 bits per heavy atom. The van der Waals surface area contributed by atoms with Crippen molar-refractivity contribution in [3.8, 4) is 11.4 Å². The number of rotatable bonds is 3. The largest absolute Gasteiger partial charge is 0.497 e. The van der Waals surface area contributed by atoms with E-state index in [-0.39, 0.29) is 0 Å². The maximum atomic E-state index is 12.3. The lowest BCUT2D eigenvalue weighted by molar-refractivity contribution is -0.0885. The first-order chi connectivity index (χ1) is 8.91. The van der Waals surface area contributed by atoms with Crippen LogP contribution in [0, 0.1) is 0 Å². The highest BCUT2D eigenvalue weighted by atomic mass is 19.4. The normalized spacial score (nSPS) is 11.4. The molecule has 1 aromatic heterocycles. The molecule has 0 radical (unpaired) electrons. The van der Waals surface area contributed by atoms with Crippen LogP contribution in [0.5, 0.6) is 5.75 Å². The van der Waals surface area contributed by atoms with Crippen molar-refractivity contribution >= 4 is 5.78 Å². The van der Waals surface area contributed by atoms with Crippen LogP contribution in [0.3, 0.4) is 0 Å². The average Bonchev–Trinajstić information content (AvgIpc) is 2.86. The van der Waals surface area contributed by atoms with E-state index in [9.17, 15) is 18.0 Å². The molecule has 0 N–H and O–H groups in total. The quantitative estimate of drug-likeness (QED) is 0.801. The van der Waals surface area contributed by atoms with Gasteiger partial charge < -0.3 is 9.30 Å². The van der Waals surface area contributed by atoms with Crippen molar-refractivity contribution in [2.24, 2.45) is 0 Å². The van der Waals surface area contributed by atoms with Gasteiger partial charge in [-0.05, 0) is 18.2 Å².